The van der Waals surface area contributed by atoms with Crippen LogP contribution in [0.3, 0.4) is 0 Å². The third-order valence-electron chi connectivity index (χ3n) is 3.90. The Balaban J connectivity index is 2.21. The minimum absolute atomic E-state index is 0.308. The summed E-state index contributed by atoms with van der Waals surface area (Å²) in [5, 5.41) is 4.91. The van der Waals surface area contributed by atoms with Crippen molar-refractivity contribution in [3.05, 3.63) is 41.3 Å². The lowest BCUT2D eigenvalue weighted by Gasteiger charge is -2.04. The molecule has 3 rings (SSSR count). The van der Waals surface area contributed by atoms with Gasteiger partial charge < -0.3 is 9.51 Å². The number of nitrogens with zero attached hydrogens (tertiary/aromatic N) is 1. The van der Waals surface area contributed by atoms with Crippen molar-refractivity contribution in [1.82, 2.24) is 10.1 Å². The first-order valence-corrected chi connectivity index (χ1v) is 7.73. The summed E-state index contributed by atoms with van der Waals surface area (Å²) >= 11 is 5.53. The van der Waals surface area contributed by atoms with E-state index in [4.69, 9.17) is 16.1 Å². The fourth-order valence-electron chi connectivity index (χ4n) is 2.88. The maximum absolute atomic E-state index is 11.2. The van der Waals surface area contributed by atoms with Crippen molar-refractivity contribution in [2.45, 2.75) is 33.1 Å². The molecule has 3 aromatic rings. The van der Waals surface area contributed by atoms with Crippen LogP contribution in [0.1, 0.15) is 30.4 Å². The van der Waals surface area contributed by atoms with Crippen LogP contribution in [0, 0.1) is 6.92 Å². The average molecular weight is 317 g/mol. The number of carbonyl (C=O) groups excluding carboxylic acids is 1. The first kappa shape index (κ1) is 14.9. The number of H-pyrrole nitrogens is 1. The number of para-hydroxylation sites is 1. The van der Waals surface area contributed by atoms with Crippen LogP contribution in [0.2, 0.25) is 0 Å². The zero-order valence-corrected chi connectivity index (χ0v) is 13.3. The Bertz CT molecular complexity index is 832. The Hall–Kier alpha value is -2.07. The number of carbonyl (C=O) groups is 1. The molecule has 1 aromatic carbocycles. The van der Waals surface area contributed by atoms with Gasteiger partial charge in [-0.2, -0.15) is 0 Å². The number of aryl methyl sites for hydroxylation is 3. The number of nitrogens with one attached hydrogen (secondary N) is 1. The summed E-state index contributed by atoms with van der Waals surface area (Å²) < 4.78 is 5.35. The van der Waals surface area contributed by atoms with Crippen LogP contribution >= 0.6 is 11.6 Å². The molecular weight excluding hydrogens is 300 g/mol. The second-order valence-electron chi connectivity index (χ2n) is 5.29. The third-order valence-corrected chi connectivity index (χ3v) is 4.09. The van der Waals surface area contributed by atoms with Gasteiger partial charge in [-0.15, -0.1) is 0 Å². The number of hydrogen-bond donors (Lipinski definition) is 1. The number of hydrogen-bond acceptors (Lipinski definition) is 3. The smallest absolute Gasteiger partial charge is 0.221 e. The third kappa shape index (κ3) is 2.55. The lowest BCUT2D eigenvalue weighted by Crippen LogP contribution is -1.95. The highest BCUT2D eigenvalue weighted by Gasteiger charge is 2.20. The molecule has 0 spiro atoms. The topological polar surface area (TPSA) is 58.9 Å². The van der Waals surface area contributed by atoms with Gasteiger partial charge in [0.25, 0.3) is 0 Å². The zero-order valence-electron chi connectivity index (χ0n) is 12.6. The summed E-state index contributed by atoms with van der Waals surface area (Å²) in [7, 11) is 0. The van der Waals surface area contributed by atoms with Crippen molar-refractivity contribution in [3.63, 3.8) is 0 Å². The Morgan fingerprint density at radius 3 is 2.86 bits per heavy atom. The van der Waals surface area contributed by atoms with E-state index in [-0.39, 0.29) is 5.24 Å². The van der Waals surface area contributed by atoms with Gasteiger partial charge in [0.2, 0.25) is 5.24 Å². The molecule has 0 aliphatic heterocycles. The molecule has 1 N–H and O–H groups in total. The van der Waals surface area contributed by atoms with Crippen molar-refractivity contribution in [3.8, 4) is 11.3 Å². The Kier molecular flexibility index (Phi) is 4.03. The van der Waals surface area contributed by atoms with E-state index in [1.54, 1.807) is 0 Å². The molecule has 0 aliphatic carbocycles. The number of halogens is 1. The molecule has 2 heterocycles. The molecule has 0 amide bonds. The van der Waals surface area contributed by atoms with Crippen LogP contribution in [0.5, 0.6) is 0 Å². The molecule has 0 radical (unpaired) electrons. The van der Waals surface area contributed by atoms with Gasteiger partial charge in [0, 0.05) is 17.3 Å². The second kappa shape index (κ2) is 5.97. The van der Waals surface area contributed by atoms with Crippen molar-refractivity contribution >= 4 is 27.7 Å². The fourth-order valence-corrected chi connectivity index (χ4v) is 2.97. The summed E-state index contributed by atoms with van der Waals surface area (Å²) in [6.45, 7) is 3.95. The standard InChI is InChI=1S/C17H17ClN2O2/c1-3-13-16(10(2)22-20-13)17-12(8-9-15(18)21)11-6-4-5-7-14(11)19-17/h4-7,19H,3,8-9H2,1-2H3. The highest BCUT2D eigenvalue weighted by molar-refractivity contribution is 6.63. The van der Waals surface area contributed by atoms with E-state index in [1.807, 2.05) is 32.0 Å². The molecule has 2 aromatic heterocycles. The SMILES string of the molecule is CCc1noc(C)c1-c1[nH]c2ccccc2c1CCC(=O)Cl. The average Bonchev–Trinajstić information content (AvgIpc) is 3.04. The summed E-state index contributed by atoms with van der Waals surface area (Å²) in [6, 6.07) is 8.06. The van der Waals surface area contributed by atoms with Gasteiger partial charge in [0.15, 0.2) is 0 Å². The quantitative estimate of drug-likeness (QED) is 0.710. The number of aromatic nitrogens is 2. The van der Waals surface area contributed by atoms with Crippen LogP contribution in [-0.2, 0) is 17.6 Å². The van der Waals surface area contributed by atoms with Crippen molar-refractivity contribution in [2.24, 2.45) is 0 Å². The van der Waals surface area contributed by atoms with E-state index in [0.717, 1.165) is 45.6 Å². The molecule has 4 nitrogen and oxygen atoms in total. The molecule has 0 aliphatic rings. The Morgan fingerprint density at radius 1 is 1.36 bits per heavy atom. The van der Waals surface area contributed by atoms with Gasteiger partial charge >= 0.3 is 0 Å². The van der Waals surface area contributed by atoms with E-state index in [1.165, 1.54) is 0 Å². The van der Waals surface area contributed by atoms with Crippen LogP contribution in [0.15, 0.2) is 28.8 Å². The fraction of sp³-hybridized carbons (Fsp3) is 0.294. The van der Waals surface area contributed by atoms with Crippen molar-refractivity contribution < 1.29 is 9.32 Å². The monoisotopic (exact) mass is 316 g/mol. The van der Waals surface area contributed by atoms with E-state index in [0.29, 0.717) is 12.8 Å². The molecular formula is C17H17ClN2O2. The Labute approximate surface area is 133 Å². The number of aromatic amines is 1. The van der Waals surface area contributed by atoms with Crippen LogP contribution in [0.25, 0.3) is 22.2 Å². The number of rotatable bonds is 5. The van der Waals surface area contributed by atoms with Crippen molar-refractivity contribution in [1.29, 1.82) is 0 Å². The predicted octanol–water partition coefficient (Wildman–Crippen LogP) is 4.39. The first-order valence-electron chi connectivity index (χ1n) is 7.35. The molecule has 5 heteroatoms. The molecule has 0 atom stereocenters. The highest BCUT2D eigenvalue weighted by atomic mass is 35.5. The molecule has 0 unspecified atom stereocenters. The Morgan fingerprint density at radius 2 is 2.14 bits per heavy atom. The lowest BCUT2D eigenvalue weighted by molar-refractivity contribution is -0.111. The van der Waals surface area contributed by atoms with E-state index in [9.17, 15) is 4.79 Å². The summed E-state index contributed by atoms with van der Waals surface area (Å²) in [4.78, 5) is 14.6. The molecule has 22 heavy (non-hydrogen) atoms. The summed E-state index contributed by atoms with van der Waals surface area (Å²) in [5.41, 5.74) is 5.02. The maximum Gasteiger partial charge on any atom is 0.221 e. The lowest BCUT2D eigenvalue weighted by atomic mass is 9.99. The molecule has 0 bridgehead atoms. The van der Waals surface area contributed by atoms with E-state index < -0.39 is 0 Å². The normalized spacial score (nSPS) is 11.2. The first-order chi connectivity index (χ1) is 10.6. The van der Waals surface area contributed by atoms with Gasteiger partial charge in [-0.3, -0.25) is 4.79 Å². The molecule has 0 saturated heterocycles. The van der Waals surface area contributed by atoms with Crippen molar-refractivity contribution in [2.75, 3.05) is 0 Å². The van der Waals surface area contributed by atoms with Crippen LogP contribution in [0.4, 0.5) is 0 Å². The predicted molar refractivity (Wildman–Crippen MR) is 87.1 cm³/mol. The summed E-state index contributed by atoms with van der Waals surface area (Å²) in [5.74, 6) is 0.779. The zero-order chi connectivity index (χ0) is 15.7. The van der Waals surface area contributed by atoms with E-state index >= 15 is 0 Å². The van der Waals surface area contributed by atoms with Gasteiger partial charge in [-0.25, -0.2) is 0 Å². The number of fused-ring (bicyclic) bond motifs is 1. The number of benzene rings is 1. The molecule has 0 saturated carbocycles. The molecule has 114 valence electrons. The van der Waals surface area contributed by atoms with Crippen LogP contribution < -0.4 is 0 Å². The van der Waals surface area contributed by atoms with E-state index in [2.05, 4.69) is 16.2 Å². The maximum atomic E-state index is 11.2. The van der Waals surface area contributed by atoms with Gasteiger partial charge in [-0.1, -0.05) is 30.3 Å². The minimum Gasteiger partial charge on any atom is -0.361 e. The minimum atomic E-state index is -0.325. The summed E-state index contributed by atoms with van der Waals surface area (Å²) in [6.07, 6.45) is 1.69. The van der Waals surface area contributed by atoms with Gasteiger partial charge in [0.1, 0.15) is 5.76 Å². The highest BCUT2D eigenvalue weighted by Crippen LogP contribution is 2.35. The second-order valence-corrected chi connectivity index (χ2v) is 5.71. The largest absolute Gasteiger partial charge is 0.361 e. The van der Waals surface area contributed by atoms with Crippen LogP contribution in [-0.4, -0.2) is 15.4 Å². The molecule has 0 fully saturated rings. The van der Waals surface area contributed by atoms with Gasteiger partial charge in [-0.05, 0) is 43.0 Å². The van der Waals surface area contributed by atoms with Gasteiger partial charge in [0.05, 0.1) is 17.0 Å².